The summed E-state index contributed by atoms with van der Waals surface area (Å²) in [6.07, 6.45) is 7.10. The van der Waals surface area contributed by atoms with Crippen LogP contribution in [0.3, 0.4) is 0 Å². The minimum Gasteiger partial charge on any atom is -0.352 e. The fourth-order valence-corrected chi connectivity index (χ4v) is 3.49. The molecule has 0 unspecified atom stereocenters. The van der Waals surface area contributed by atoms with E-state index in [1.165, 1.54) is 43.2 Å². The van der Waals surface area contributed by atoms with Gasteiger partial charge >= 0.3 is 0 Å². The Hall–Kier alpha value is -1.35. The first-order valence-electron chi connectivity index (χ1n) is 9.28. The van der Waals surface area contributed by atoms with Gasteiger partial charge in [0.05, 0.1) is 0 Å². The predicted octanol–water partition coefficient (Wildman–Crippen LogP) is 4.12. The van der Waals surface area contributed by atoms with E-state index in [-0.39, 0.29) is 5.91 Å². The predicted molar refractivity (Wildman–Crippen MR) is 96.1 cm³/mol. The van der Waals surface area contributed by atoms with E-state index >= 15 is 0 Å². The lowest BCUT2D eigenvalue weighted by molar-refractivity contribution is -0.122. The summed E-state index contributed by atoms with van der Waals surface area (Å²) in [5, 5.41) is 3.14. The number of rotatable bonds is 8. The first-order valence-corrected chi connectivity index (χ1v) is 9.28. The molecule has 1 aromatic carbocycles. The van der Waals surface area contributed by atoms with Gasteiger partial charge in [-0.15, -0.1) is 0 Å². The molecule has 1 aromatic rings. The zero-order chi connectivity index (χ0) is 16.5. The van der Waals surface area contributed by atoms with Crippen LogP contribution in [0.1, 0.15) is 63.5 Å². The molecular formula is C20H32N2O. The van der Waals surface area contributed by atoms with Gasteiger partial charge in [0.2, 0.25) is 5.91 Å². The SMILES string of the molecule is CCN(CC)Cc1ccccc1CNC(=O)CC1CCCCC1. The van der Waals surface area contributed by atoms with Gasteiger partial charge in [-0.25, -0.2) is 0 Å². The van der Waals surface area contributed by atoms with Crippen molar-refractivity contribution in [2.45, 2.75) is 65.5 Å². The number of hydrogen-bond donors (Lipinski definition) is 1. The minimum absolute atomic E-state index is 0.217. The Kier molecular flexibility index (Phi) is 7.60. The van der Waals surface area contributed by atoms with Crippen molar-refractivity contribution in [1.29, 1.82) is 0 Å². The Labute approximate surface area is 141 Å². The quantitative estimate of drug-likeness (QED) is 0.782. The van der Waals surface area contributed by atoms with Crippen LogP contribution in [0.15, 0.2) is 24.3 Å². The van der Waals surface area contributed by atoms with Crippen LogP contribution in [0.4, 0.5) is 0 Å². The Morgan fingerprint density at radius 3 is 2.39 bits per heavy atom. The van der Waals surface area contributed by atoms with Crippen molar-refractivity contribution < 1.29 is 4.79 Å². The van der Waals surface area contributed by atoms with Crippen molar-refractivity contribution in [2.75, 3.05) is 13.1 Å². The van der Waals surface area contributed by atoms with Gasteiger partial charge in [-0.05, 0) is 43.0 Å². The average molecular weight is 316 g/mol. The molecule has 3 heteroatoms. The van der Waals surface area contributed by atoms with E-state index in [1.807, 2.05) is 0 Å². The minimum atomic E-state index is 0.217. The molecule has 23 heavy (non-hydrogen) atoms. The van der Waals surface area contributed by atoms with Crippen LogP contribution in [-0.4, -0.2) is 23.9 Å². The van der Waals surface area contributed by atoms with E-state index in [1.54, 1.807) is 0 Å². The van der Waals surface area contributed by atoms with Gasteiger partial charge in [-0.2, -0.15) is 0 Å². The van der Waals surface area contributed by atoms with E-state index in [2.05, 4.69) is 48.3 Å². The van der Waals surface area contributed by atoms with E-state index < -0.39 is 0 Å². The highest BCUT2D eigenvalue weighted by Gasteiger charge is 2.17. The van der Waals surface area contributed by atoms with Gasteiger partial charge in [-0.3, -0.25) is 9.69 Å². The number of amides is 1. The molecule has 3 nitrogen and oxygen atoms in total. The Bertz CT molecular complexity index is 476. The molecule has 1 fully saturated rings. The molecule has 1 aliphatic carbocycles. The molecule has 0 aromatic heterocycles. The van der Waals surface area contributed by atoms with Gasteiger partial charge in [0.15, 0.2) is 0 Å². The molecule has 1 aliphatic rings. The van der Waals surface area contributed by atoms with Crippen LogP contribution in [-0.2, 0) is 17.9 Å². The Balaban J connectivity index is 1.85. The molecule has 2 rings (SSSR count). The molecule has 0 bridgehead atoms. The van der Waals surface area contributed by atoms with Crippen LogP contribution in [0.2, 0.25) is 0 Å². The third kappa shape index (κ3) is 5.98. The Morgan fingerprint density at radius 1 is 1.09 bits per heavy atom. The van der Waals surface area contributed by atoms with E-state index in [0.29, 0.717) is 18.9 Å². The van der Waals surface area contributed by atoms with E-state index in [9.17, 15) is 4.79 Å². The second-order valence-corrected chi connectivity index (χ2v) is 6.71. The summed E-state index contributed by atoms with van der Waals surface area (Å²) in [6, 6.07) is 8.47. The van der Waals surface area contributed by atoms with Gasteiger partial charge in [0.25, 0.3) is 0 Å². The fourth-order valence-electron chi connectivity index (χ4n) is 3.49. The smallest absolute Gasteiger partial charge is 0.220 e. The summed E-state index contributed by atoms with van der Waals surface area (Å²) in [7, 11) is 0. The van der Waals surface area contributed by atoms with E-state index in [0.717, 1.165) is 19.6 Å². The maximum atomic E-state index is 12.2. The molecule has 1 N–H and O–H groups in total. The van der Waals surface area contributed by atoms with E-state index in [4.69, 9.17) is 0 Å². The molecular weight excluding hydrogens is 284 g/mol. The number of benzene rings is 1. The molecule has 0 saturated heterocycles. The Morgan fingerprint density at radius 2 is 1.74 bits per heavy atom. The summed E-state index contributed by atoms with van der Waals surface area (Å²) in [6.45, 7) is 8.11. The third-order valence-electron chi connectivity index (χ3n) is 5.08. The average Bonchev–Trinajstić information content (AvgIpc) is 2.59. The largest absolute Gasteiger partial charge is 0.352 e. The number of carbonyl (C=O) groups excluding carboxylic acids is 1. The molecule has 0 aliphatic heterocycles. The van der Waals surface area contributed by atoms with Crippen molar-refractivity contribution in [3.8, 4) is 0 Å². The molecule has 0 atom stereocenters. The molecule has 128 valence electrons. The highest BCUT2D eigenvalue weighted by Crippen LogP contribution is 2.26. The van der Waals surface area contributed by atoms with Crippen LogP contribution >= 0.6 is 0 Å². The summed E-state index contributed by atoms with van der Waals surface area (Å²) in [4.78, 5) is 14.6. The molecule has 0 heterocycles. The van der Waals surface area contributed by atoms with Crippen molar-refractivity contribution in [3.63, 3.8) is 0 Å². The number of carbonyl (C=O) groups is 1. The zero-order valence-electron chi connectivity index (χ0n) is 14.8. The van der Waals surface area contributed by atoms with Crippen molar-refractivity contribution in [2.24, 2.45) is 5.92 Å². The lowest BCUT2D eigenvalue weighted by Crippen LogP contribution is -2.27. The summed E-state index contributed by atoms with van der Waals surface area (Å²) < 4.78 is 0. The molecule has 0 radical (unpaired) electrons. The van der Waals surface area contributed by atoms with Crippen LogP contribution in [0, 0.1) is 5.92 Å². The monoisotopic (exact) mass is 316 g/mol. The lowest BCUT2D eigenvalue weighted by Gasteiger charge is -2.22. The highest BCUT2D eigenvalue weighted by atomic mass is 16.1. The lowest BCUT2D eigenvalue weighted by atomic mass is 9.87. The molecule has 0 spiro atoms. The molecule has 1 saturated carbocycles. The fraction of sp³-hybridized carbons (Fsp3) is 0.650. The van der Waals surface area contributed by atoms with Crippen LogP contribution < -0.4 is 5.32 Å². The van der Waals surface area contributed by atoms with Gasteiger partial charge in [0.1, 0.15) is 0 Å². The zero-order valence-corrected chi connectivity index (χ0v) is 14.8. The standard InChI is InChI=1S/C20H32N2O/c1-3-22(4-2)16-19-13-9-8-12-18(19)15-21-20(23)14-17-10-6-5-7-11-17/h8-9,12-13,17H,3-7,10-11,14-16H2,1-2H3,(H,21,23). The first-order chi connectivity index (χ1) is 11.2. The summed E-state index contributed by atoms with van der Waals surface area (Å²) in [5.74, 6) is 0.823. The molecule has 1 amide bonds. The maximum absolute atomic E-state index is 12.2. The van der Waals surface area contributed by atoms with Crippen LogP contribution in [0.25, 0.3) is 0 Å². The normalized spacial score (nSPS) is 15.8. The maximum Gasteiger partial charge on any atom is 0.220 e. The van der Waals surface area contributed by atoms with Gasteiger partial charge in [-0.1, -0.05) is 57.4 Å². The first kappa shape index (κ1) is 18.0. The summed E-state index contributed by atoms with van der Waals surface area (Å²) in [5.41, 5.74) is 2.57. The number of nitrogens with one attached hydrogen (secondary N) is 1. The topological polar surface area (TPSA) is 32.3 Å². The second-order valence-electron chi connectivity index (χ2n) is 6.71. The highest BCUT2D eigenvalue weighted by molar-refractivity contribution is 5.76. The van der Waals surface area contributed by atoms with Gasteiger partial charge < -0.3 is 5.32 Å². The number of hydrogen-bond acceptors (Lipinski definition) is 2. The van der Waals surface area contributed by atoms with Crippen molar-refractivity contribution in [3.05, 3.63) is 35.4 Å². The third-order valence-corrected chi connectivity index (χ3v) is 5.08. The summed E-state index contributed by atoms with van der Waals surface area (Å²) >= 11 is 0. The number of nitrogens with zero attached hydrogens (tertiary/aromatic N) is 1. The second kappa shape index (κ2) is 9.71. The van der Waals surface area contributed by atoms with Crippen molar-refractivity contribution in [1.82, 2.24) is 10.2 Å². The van der Waals surface area contributed by atoms with Crippen molar-refractivity contribution >= 4 is 5.91 Å². The van der Waals surface area contributed by atoms with Crippen LogP contribution in [0.5, 0.6) is 0 Å². The van der Waals surface area contributed by atoms with Gasteiger partial charge in [0, 0.05) is 19.5 Å².